The zero-order valence-electron chi connectivity index (χ0n) is 13.3. The van der Waals surface area contributed by atoms with Gasteiger partial charge in [-0.2, -0.15) is 4.31 Å². The molecule has 1 aromatic rings. The third-order valence-corrected chi connectivity index (χ3v) is 5.92. The summed E-state index contributed by atoms with van der Waals surface area (Å²) in [6.45, 7) is 4.92. The van der Waals surface area contributed by atoms with E-state index in [2.05, 4.69) is 5.32 Å². The molecule has 1 heterocycles. The number of anilines is 1. The fourth-order valence-electron chi connectivity index (χ4n) is 2.64. The van der Waals surface area contributed by atoms with Crippen molar-refractivity contribution in [2.45, 2.75) is 50.8 Å². The molecular weight excluding hydrogens is 300 g/mol. The predicted octanol–water partition coefficient (Wildman–Crippen LogP) is 2.77. The summed E-state index contributed by atoms with van der Waals surface area (Å²) in [5, 5.41) is 2.83. The Bertz CT molecular complexity index is 641. The summed E-state index contributed by atoms with van der Waals surface area (Å²) < 4.78 is 27.0. The summed E-state index contributed by atoms with van der Waals surface area (Å²) >= 11 is 0. The Hall–Kier alpha value is -1.40. The van der Waals surface area contributed by atoms with Crippen molar-refractivity contribution >= 4 is 21.6 Å². The standard InChI is InChI=1S/C16H24N2O3S/c1-3-5-11-18(4-2)22(20,21)14-9-10-15-13(12-14)7-6-8-16(19)17-15/h9-10,12H,3-8,11H2,1-2H3,(H,17,19). The number of nitrogens with one attached hydrogen (secondary N) is 1. The van der Waals surface area contributed by atoms with Gasteiger partial charge in [-0.25, -0.2) is 8.42 Å². The first-order valence-electron chi connectivity index (χ1n) is 7.92. The van der Waals surface area contributed by atoms with E-state index in [4.69, 9.17) is 0 Å². The van der Waals surface area contributed by atoms with Crippen LogP contribution in [0.2, 0.25) is 0 Å². The minimum atomic E-state index is -3.46. The number of hydrogen-bond acceptors (Lipinski definition) is 3. The summed E-state index contributed by atoms with van der Waals surface area (Å²) in [7, 11) is -3.46. The lowest BCUT2D eigenvalue weighted by Crippen LogP contribution is -2.31. The van der Waals surface area contributed by atoms with Crippen molar-refractivity contribution in [2.75, 3.05) is 18.4 Å². The minimum Gasteiger partial charge on any atom is -0.326 e. The Morgan fingerprint density at radius 1 is 1.23 bits per heavy atom. The van der Waals surface area contributed by atoms with Crippen LogP contribution in [0.25, 0.3) is 0 Å². The monoisotopic (exact) mass is 324 g/mol. The zero-order valence-corrected chi connectivity index (χ0v) is 14.1. The second-order valence-electron chi connectivity index (χ2n) is 5.57. The molecule has 1 amide bonds. The number of benzene rings is 1. The Morgan fingerprint density at radius 2 is 2.00 bits per heavy atom. The minimum absolute atomic E-state index is 0.00696. The van der Waals surface area contributed by atoms with E-state index < -0.39 is 10.0 Å². The molecule has 0 aliphatic carbocycles. The maximum absolute atomic E-state index is 12.7. The van der Waals surface area contributed by atoms with E-state index in [1.54, 1.807) is 18.2 Å². The fourth-order valence-corrected chi connectivity index (χ4v) is 4.18. The molecule has 6 heteroatoms. The third kappa shape index (κ3) is 3.67. The normalized spacial score (nSPS) is 15.3. The van der Waals surface area contributed by atoms with Crippen LogP contribution in [-0.2, 0) is 21.2 Å². The number of rotatable bonds is 6. The molecule has 1 aromatic carbocycles. The largest absolute Gasteiger partial charge is 0.326 e. The number of carbonyl (C=O) groups is 1. The van der Waals surface area contributed by atoms with Crippen molar-refractivity contribution in [3.8, 4) is 0 Å². The van der Waals surface area contributed by atoms with E-state index in [0.29, 0.717) is 24.4 Å². The number of carbonyl (C=O) groups excluding carboxylic acids is 1. The number of aryl methyl sites for hydroxylation is 1. The Kier molecular flexibility index (Phi) is 5.58. The molecule has 0 radical (unpaired) electrons. The Balaban J connectivity index is 2.32. The van der Waals surface area contributed by atoms with Crippen molar-refractivity contribution < 1.29 is 13.2 Å². The summed E-state index contributed by atoms with van der Waals surface area (Å²) in [5.74, 6) is -0.00696. The average Bonchev–Trinajstić information content (AvgIpc) is 2.67. The molecule has 0 bridgehead atoms. The third-order valence-electron chi connectivity index (χ3n) is 3.95. The molecule has 1 aliphatic rings. The number of unbranched alkanes of at least 4 members (excludes halogenated alkanes) is 1. The highest BCUT2D eigenvalue weighted by Gasteiger charge is 2.24. The maximum atomic E-state index is 12.7. The number of hydrogen-bond donors (Lipinski definition) is 1. The van der Waals surface area contributed by atoms with Crippen LogP contribution in [0.5, 0.6) is 0 Å². The van der Waals surface area contributed by atoms with Crippen LogP contribution in [-0.4, -0.2) is 31.7 Å². The lowest BCUT2D eigenvalue weighted by Gasteiger charge is -2.21. The second kappa shape index (κ2) is 7.24. The molecule has 22 heavy (non-hydrogen) atoms. The zero-order chi connectivity index (χ0) is 16.2. The van der Waals surface area contributed by atoms with E-state index in [1.807, 2.05) is 13.8 Å². The highest BCUT2D eigenvalue weighted by Crippen LogP contribution is 2.26. The lowest BCUT2D eigenvalue weighted by molar-refractivity contribution is -0.116. The van der Waals surface area contributed by atoms with Crippen molar-refractivity contribution in [1.82, 2.24) is 4.31 Å². The van der Waals surface area contributed by atoms with Gasteiger partial charge in [0.15, 0.2) is 0 Å². The van der Waals surface area contributed by atoms with Crippen LogP contribution >= 0.6 is 0 Å². The molecule has 1 aliphatic heterocycles. The van der Waals surface area contributed by atoms with Crippen molar-refractivity contribution in [1.29, 1.82) is 0 Å². The van der Waals surface area contributed by atoms with Crippen molar-refractivity contribution in [3.63, 3.8) is 0 Å². The van der Waals surface area contributed by atoms with Crippen molar-refractivity contribution in [3.05, 3.63) is 23.8 Å². The molecule has 0 aromatic heterocycles. The van der Waals surface area contributed by atoms with Crippen LogP contribution < -0.4 is 5.32 Å². The number of fused-ring (bicyclic) bond motifs is 1. The van der Waals surface area contributed by atoms with Crippen LogP contribution in [0.4, 0.5) is 5.69 Å². The van der Waals surface area contributed by atoms with E-state index in [-0.39, 0.29) is 5.91 Å². The summed E-state index contributed by atoms with van der Waals surface area (Å²) in [6.07, 6.45) is 3.76. The lowest BCUT2D eigenvalue weighted by atomic mass is 10.1. The van der Waals surface area contributed by atoms with Gasteiger partial charge in [-0.1, -0.05) is 20.3 Å². The maximum Gasteiger partial charge on any atom is 0.243 e. The van der Waals surface area contributed by atoms with E-state index in [0.717, 1.165) is 36.9 Å². The molecule has 0 atom stereocenters. The molecular formula is C16H24N2O3S. The Labute approximate surface area is 132 Å². The summed E-state index contributed by atoms with van der Waals surface area (Å²) in [5.41, 5.74) is 1.64. The van der Waals surface area contributed by atoms with Crippen LogP contribution in [0.15, 0.2) is 23.1 Å². The number of sulfonamides is 1. The topological polar surface area (TPSA) is 66.5 Å². The van der Waals surface area contributed by atoms with Crippen LogP contribution in [0.1, 0.15) is 45.1 Å². The highest BCUT2D eigenvalue weighted by molar-refractivity contribution is 7.89. The van der Waals surface area contributed by atoms with Gasteiger partial charge in [-0.05, 0) is 43.0 Å². The van der Waals surface area contributed by atoms with Gasteiger partial charge in [0.2, 0.25) is 15.9 Å². The second-order valence-corrected chi connectivity index (χ2v) is 7.51. The van der Waals surface area contributed by atoms with Gasteiger partial charge in [0, 0.05) is 25.2 Å². The van der Waals surface area contributed by atoms with Gasteiger partial charge in [0.1, 0.15) is 0 Å². The molecule has 5 nitrogen and oxygen atoms in total. The molecule has 122 valence electrons. The van der Waals surface area contributed by atoms with Gasteiger partial charge < -0.3 is 5.32 Å². The van der Waals surface area contributed by atoms with Gasteiger partial charge >= 0.3 is 0 Å². The van der Waals surface area contributed by atoms with Gasteiger partial charge in [-0.3, -0.25) is 4.79 Å². The SMILES string of the molecule is CCCCN(CC)S(=O)(=O)c1ccc2c(c1)CCCC(=O)N2. The molecule has 1 N–H and O–H groups in total. The van der Waals surface area contributed by atoms with Crippen LogP contribution in [0.3, 0.4) is 0 Å². The van der Waals surface area contributed by atoms with E-state index >= 15 is 0 Å². The fraction of sp³-hybridized carbons (Fsp3) is 0.562. The smallest absolute Gasteiger partial charge is 0.243 e. The quantitative estimate of drug-likeness (QED) is 0.875. The van der Waals surface area contributed by atoms with Crippen LogP contribution in [0, 0.1) is 0 Å². The first-order chi connectivity index (χ1) is 10.5. The van der Waals surface area contributed by atoms with Gasteiger partial charge in [0.25, 0.3) is 0 Å². The first-order valence-corrected chi connectivity index (χ1v) is 9.36. The van der Waals surface area contributed by atoms with Crippen molar-refractivity contribution in [2.24, 2.45) is 0 Å². The van der Waals surface area contributed by atoms with E-state index in [9.17, 15) is 13.2 Å². The summed E-state index contributed by atoms with van der Waals surface area (Å²) in [6, 6.07) is 5.01. The predicted molar refractivity (Wildman–Crippen MR) is 87.4 cm³/mol. The van der Waals surface area contributed by atoms with E-state index in [1.165, 1.54) is 4.31 Å². The number of nitrogens with zero attached hydrogens (tertiary/aromatic N) is 1. The molecule has 0 unspecified atom stereocenters. The molecule has 0 spiro atoms. The first kappa shape index (κ1) is 17.0. The molecule has 0 saturated heterocycles. The van der Waals surface area contributed by atoms with Gasteiger partial charge in [0.05, 0.1) is 4.90 Å². The summed E-state index contributed by atoms with van der Waals surface area (Å²) in [4.78, 5) is 11.9. The Morgan fingerprint density at radius 3 is 2.68 bits per heavy atom. The average molecular weight is 324 g/mol. The highest BCUT2D eigenvalue weighted by atomic mass is 32.2. The molecule has 0 fully saturated rings. The van der Waals surface area contributed by atoms with Gasteiger partial charge in [-0.15, -0.1) is 0 Å². The molecule has 2 rings (SSSR count). The molecule has 0 saturated carbocycles. The number of amides is 1.